The van der Waals surface area contributed by atoms with Crippen LogP contribution in [-0.4, -0.2) is 50.3 Å². The van der Waals surface area contributed by atoms with Crippen LogP contribution in [0.2, 0.25) is 0 Å². The van der Waals surface area contributed by atoms with Gasteiger partial charge in [-0.2, -0.15) is 0 Å². The number of carbonyl (C=O) groups excluding carboxylic acids is 1. The monoisotopic (exact) mass is 460 g/mol. The molecule has 9 heteroatoms. The van der Waals surface area contributed by atoms with Crippen LogP contribution in [0.4, 0.5) is 11.6 Å². The number of amides is 1. The molecule has 1 amide bonds. The standard InChI is InChI=1S/C25H32N8O/c1-5-11-32-17(3)29-30-24(32)20-9-6-10-22(27-20)33-15-19-18(25(33)34)13-23(28-21(19)14-26-4)31-12-7-8-16(31)2/h6,9-10,13,16,26H,5,7-8,11-12,14-15H2,1-4H3. The van der Waals surface area contributed by atoms with Gasteiger partial charge in [0, 0.05) is 31.2 Å². The Morgan fingerprint density at radius 3 is 2.76 bits per heavy atom. The van der Waals surface area contributed by atoms with Crippen molar-refractivity contribution in [2.75, 3.05) is 23.4 Å². The van der Waals surface area contributed by atoms with E-state index in [1.165, 1.54) is 0 Å². The van der Waals surface area contributed by atoms with E-state index in [1.54, 1.807) is 4.90 Å². The molecule has 5 heterocycles. The van der Waals surface area contributed by atoms with Crippen LogP contribution >= 0.6 is 0 Å². The van der Waals surface area contributed by atoms with Crippen molar-refractivity contribution < 1.29 is 4.79 Å². The number of rotatable bonds is 7. The molecule has 5 rings (SSSR count). The lowest BCUT2D eigenvalue weighted by molar-refractivity contribution is 0.0996. The summed E-state index contributed by atoms with van der Waals surface area (Å²) >= 11 is 0. The van der Waals surface area contributed by atoms with E-state index >= 15 is 0 Å². The molecule has 0 spiro atoms. The van der Waals surface area contributed by atoms with Crippen molar-refractivity contribution in [3.8, 4) is 11.5 Å². The molecule has 3 aromatic rings. The lowest BCUT2D eigenvalue weighted by Crippen LogP contribution is -2.28. The molecular weight excluding hydrogens is 428 g/mol. The topological polar surface area (TPSA) is 92.1 Å². The fourth-order valence-corrected chi connectivity index (χ4v) is 5.03. The quantitative estimate of drug-likeness (QED) is 0.578. The van der Waals surface area contributed by atoms with E-state index in [1.807, 2.05) is 38.2 Å². The average molecular weight is 461 g/mol. The number of nitrogens with one attached hydrogen (secondary N) is 1. The minimum absolute atomic E-state index is 0.0290. The zero-order chi connectivity index (χ0) is 23.8. The number of hydrogen-bond acceptors (Lipinski definition) is 7. The van der Waals surface area contributed by atoms with E-state index in [0.717, 1.165) is 72.3 Å². The highest BCUT2D eigenvalue weighted by Crippen LogP contribution is 2.34. The van der Waals surface area contributed by atoms with Gasteiger partial charge in [-0.15, -0.1) is 10.2 Å². The normalized spacial score (nSPS) is 17.6. The Balaban J connectivity index is 1.51. The Bertz CT molecular complexity index is 1220. The van der Waals surface area contributed by atoms with E-state index < -0.39 is 0 Å². The third-order valence-electron chi connectivity index (χ3n) is 6.80. The van der Waals surface area contributed by atoms with Gasteiger partial charge in [-0.3, -0.25) is 9.69 Å². The Morgan fingerprint density at radius 1 is 1.18 bits per heavy atom. The average Bonchev–Trinajstić information content (AvgIpc) is 3.52. The van der Waals surface area contributed by atoms with Crippen LogP contribution < -0.4 is 15.1 Å². The molecule has 0 aromatic carbocycles. The van der Waals surface area contributed by atoms with Crippen molar-refractivity contribution in [2.24, 2.45) is 0 Å². The van der Waals surface area contributed by atoms with Crippen molar-refractivity contribution in [1.82, 2.24) is 30.0 Å². The molecule has 178 valence electrons. The van der Waals surface area contributed by atoms with Gasteiger partial charge >= 0.3 is 0 Å². The number of hydrogen-bond donors (Lipinski definition) is 1. The van der Waals surface area contributed by atoms with Crippen LogP contribution in [0.3, 0.4) is 0 Å². The summed E-state index contributed by atoms with van der Waals surface area (Å²) in [5, 5.41) is 11.8. The largest absolute Gasteiger partial charge is 0.354 e. The van der Waals surface area contributed by atoms with Crippen LogP contribution in [0, 0.1) is 6.92 Å². The summed E-state index contributed by atoms with van der Waals surface area (Å²) in [6, 6.07) is 8.15. The van der Waals surface area contributed by atoms with E-state index in [2.05, 4.69) is 38.8 Å². The second kappa shape index (κ2) is 9.13. The van der Waals surface area contributed by atoms with Crippen molar-refractivity contribution in [2.45, 2.75) is 65.7 Å². The highest BCUT2D eigenvalue weighted by Gasteiger charge is 2.34. The maximum Gasteiger partial charge on any atom is 0.260 e. The Morgan fingerprint density at radius 2 is 2.03 bits per heavy atom. The maximum atomic E-state index is 13.6. The molecule has 1 N–H and O–H groups in total. The van der Waals surface area contributed by atoms with Crippen LogP contribution in [0.25, 0.3) is 11.5 Å². The first kappa shape index (κ1) is 22.5. The zero-order valence-corrected chi connectivity index (χ0v) is 20.4. The second-order valence-electron chi connectivity index (χ2n) is 9.16. The number of aryl methyl sites for hydroxylation is 1. The number of pyridine rings is 2. The van der Waals surface area contributed by atoms with E-state index in [9.17, 15) is 4.79 Å². The number of anilines is 2. The predicted molar refractivity (Wildman–Crippen MR) is 132 cm³/mol. The molecule has 0 radical (unpaired) electrons. The molecule has 2 aliphatic rings. The van der Waals surface area contributed by atoms with Crippen molar-refractivity contribution in [3.05, 3.63) is 46.9 Å². The summed E-state index contributed by atoms with van der Waals surface area (Å²) in [7, 11) is 1.91. The third-order valence-corrected chi connectivity index (χ3v) is 6.80. The van der Waals surface area contributed by atoms with Crippen molar-refractivity contribution >= 4 is 17.5 Å². The Kier molecular flexibility index (Phi) is 6.03. The summed E-state index contributed by atoms with van der Waals surface area (Å²) in [4.78, 5) is 27.5. The molecule has 1 saturated heterocycles. The molecule has 2 aliphatic heterocycles. The lowest BCUT2D eigenvalue weighted by atomic mass is 10.1. The molecular formula is C25H32N8O. The fourth-order valence-electron chi connectivity index (χ4n) is 5.03. The van der Waals surface area contributed by atoms with Gasteiger partial charge in [-0.05, 0) is 58.4 Å². The van der Waals surface area contributed by atoms with Gasteiger partial charge in [0.25, 0.3) is 5.91 Å². The van der Waals surface area contributed by atoms with Gasteiger partial charge in [-0.1, -0.05) is 13.0 Å². The molecule has 0 bridgehead atoms. The van der Waals surface area contributed by atoms with E-state index in [0.29, 0.717) is 24.9 Å². The second-order valence-corrected chi connectivity index (χ2v) is 9.16. The van der Waals surface area contributed by atoms with Gasteiger partial charge in [0.15, 0.2) is 5.82 Å². The van der Waals surface area contributed by atoms with Crippen LogP contribution in [-0.2, 0) is 19.6 Å². The first-order valence-corrected chi connectivity index (χ1v) is 12.1. The van der Waals surface area contributed by atoms with Crippen molar-refractivity contribution in [3.63, 3.8) is 0 Å². The zero-order valence-electron chi connectivity index (χ0n) is 20.4. The molecule has 1 unspecified atom stereocenters. The maximum absolute atomic E-state index is 13.6. The number of carbonyl (C=O) groups is 1. The minimum atomic E-state index is -0.0290. The number of aromatic nitrogens is 5. The van der Waals surface area contributed by atoms with Gasteiger partial charge in [0.1, 0.15) is 23.2 Å². The minimum Gasteiger partial charge on any atom is -0.354 e. The molecule has 0 saturated carbocycles. The van der Waals surface area contributed by atoms with Gasteiger partial charge in [-0.25, -0.2) is 9.97 Å². The highest BCUT2D eigenvalue weighted by molar-refractivity contribution is 6.10. The molecule has 9 nitrogen and oxygen atoms in total. The number of fused-ring (bicyclic) bond motifs is 1. The summed E-state index contributed by atoms with van der Waals surface area (Å²) in [5.41, 5.74) is 3.36. The van der Waals surface area contributed by atoms with Gasteiger partial charge < -0.3 is 14.8 Å². The highest BCUT2D eigenvalue weighted by atomic mass is 16.2. The molecule has 34 heavy (non-hydrogen) atoms. The van der Waals surface area contributed by atoms with E-state index in [4.69, 9.17) is 9.97 Å². The SMILES string of the molecule is CCCn1c(C)nnc1-c1cccc(N2Cc3c(cc(N4CCCC4C)nc3CNC)C2=O)n1. The summed E-state index contributed by atoms with van der Waals surface area (Å²) < 4.78 is 2.07. The van der Waals surface area contributed by atoms with E-state index in [-0.39, 0.29) is 5.91 Å². The first-order chi connectivity index (χ1) is 16.5. The van der Waals surface area contributed by atoms with Gasteiger partial charge in [0.2, 0.25) is 0 Å². The van der Waals surface area contributed by atoms with Crippen LogP contribution in [0.1, 0.15) is 60.5 Å². The summed E-state index contributed by atoms with van der Waals surface area (Å²) in [6.07, 6.45) is 3.28. The first-order valence-electron chi connectivity index (χ1n) is 12.1. The lowest BCUT2D eigenvalue weighted by Gasteiger charge is -2.24. The summed E-state index contributed by atoms with van der Waals surface area (Å²) in [5.74, 6) is 3.08. The molecule has 1 fully saturated rings. The molecule has 0 aliphatic carbocycles. The Labute approximate surface area is 200 Å². The predicted octanol–water partition coefficient (Wildman–Crippen LogP) is 3.32. The molecule has 3 aromatic heterocycles. The molecule has 1 atom stereocenters. The fraction of sp³-hybridized carbons (Fsp3) is 0.480. The smallest absolute Gasteiger partial charge is 0.260 e. The third kappa shape index (κ3) is 3.83. The van der Waals surface area contributed by atoms with Crippen LogP contribution in [0.15, 0.2) is 24.3 Å². The van der Waals surface area contributed by atoms with Gasteiger partial charge in [0.05, 0.1) is 17.8 Å². The Hall–Kier alpha value is -3.33. The van der Waals surface area contributed by atoms with Crippen LogP contribution in [0.5, 0.6) is 0 Å². The van der Waals surface area contributed by atoms with Crippen molar-refractivity contribution in [1.29, 1.82) is 0 Å². The summed E-state index contributed by atoms with van der Waals surface area (Å²) in [6.45, 7) is 9.18. The number of nitrogens with zero attached hydrogens (tertiary/aromatic N) is 7.